The Hall–Kier alpha value is -4.13. The molecule has 5 nitrogen and oxygen atoms in total. The second kappa shape index (κ2) is 8.27. The van der Waals surface area contributed by atoms with Gasteiger partial charge in [-0.15, -0.1) is 0 Å². The van der Waals surface area contributed by atoms with Crippen LogP contribution in [0.15, 0.2) is 76.9 Å². The van der Waals surface area contributed by atoms with Gasteiger partial charge in [-0.05, 0) is 50.1 Å². The van der Waals surface area contributed by atoms with Crippen molar-refractivity contribution in [3.63, 3.8) is 0 Å². The van der Waals surface area contributed by atoms with Gasteiger partial charge in [0, 0.05) is 53.0 Å². The number of rotatable bonds is 4. The van der Waals surface area contributed by atoms with Gasteiger partial charge in [0.25, 0.3) is 5.56 Å². The zero-order chi connectivity index (χ0) is 24.9. The minimum absolute atomic E-state index is 0.0683. The van der Waals surface area contributed by atoms with Gasteiger partial charge in [-0.3, -0.25) is 9.78 Å². The summed E-state index contributed by atoms with van der Waals surface area (Å²) in [6.07, 6.45) is 4.70. The molecule has 2 aromatic heterocycles. The van der Waals surface area contributed by atoms with Crippen molar-refractivity contribution < 1.29 is 8.78 Å². The Balaban J connectivity index is 1.86. The summed E-state index contributed by atoms with van der Waals surface area (Å²) in [5.41, 5.74) is 9.03. The largest absolute Gasteiger partial charge is 0.383 e. The minimum atomic E-state index is -1.22. The smallest absolute Gasteiger partial charge is 0.253 e. The van der Waals surface area contributed by atoms with Crippen molar-refractivity contribution in [3.05, 3.63) is 122 Å². The van der Waals surface area contributed by atoms with Crippen LogP contribution in [-0.2, 0) is 12.1 Å². The van der Waals surface area contributed by atoms with Crippen molar-refractivity contribution in [2.75, 3.05) is 0 Å². The van der Waals surface area contributed by atoms with Gasteiger partial charge in [-0.2, -0.15) is 0 Å². The summed E-state index contributed by atoms with van der Waals surface area (Å²) in [5.74, 6) is -0.766. The Bertz CT molecular complexity index is 1570. The van der Waals surface area contributed by atoms with E-state index in [0.717, 1.165) is 0 Å². The van der Waals surface area contributed by atoms with Gasteiger partial charge in [0.15, 0.2) is 0 Å². The Labute approximate surface area is 201 Å². The molecule has 2 N–H and O–H groups in total. The number of amidine groups is 1. The highest BCUT2D eigenvalue weighted by Gasteiger charge is 2.44. The molecule has 0 bridgehead atoms. The van der Waals surface area contributed by atoms with E-state index in [0.29, 0.717) is 45.5 Å². The van der Waals surface area contributed by atoms with E-state index in [4.69, 9.17) is 10.7 Å². The van der Waals surface area contributed by atoms with E-state index in [1.165, 1.54) is 18.5 Å². The molecule has 0 saturated carbocycles. The lowest BCUT2D eigenvalue weighted by Gasteiger charge is -2.30. The number of pyridine rings is 2. The first-order chi connectivity index (χ1) is 16.8. The number of aliphatic imine (C=N–C) groups is 1. The second-order valence-corrected chi connectivity index (χ2v) is 8.77. The highest BCUT2D eigenvalue weighted by molar-refractivity contribution is 6.03. The predicted molar refractivity (Wildman–Crippen MR) is 132 cm³/mol. The summed E-state index contributed by atoms with van der Waals surface area (Å²) in [4.78, 5) is 21.7. The van der Waals surface area contributed by atoms with Gasteiger partial charge in [-0.1, -0.05) is 30.3 Å². The van der Waals surface area contributed by atoms with Crippen LogP contribution in [0.4, 0.5) is 8.78 Å². The van der Waals surface area contributed by atoms with Crippen LogP contribution in [0, 0.1) is 25.5 Å². The second-order valence-electron chi connectivity index (χ2n) is 8.77. The highest BCUT2D eigenvalue weighted by Crippen LogP contribution is 2.47. The van der Waals surface area contributed by atoms with Crippen molar-refractivity contribution in [2.45, 2.75) is 32.9 Å². The van der Waals surface area contributed by atoms with Crippen LogP contribution in [0.25, 0.3) is 11.1 Å². The van der Waals surface area contributed by atoms with E-state index in [2.05, 4.69) is 4.98 Å². The first-order valence-electron chi connectivity index (χ1n) is 11.3. The average molecular weight is 471 g/mol. The molecule has 1 atom stereocenters. The number of nitrogens with zero attached hydrogens (tertiary/aromatic N) is 3. The SMILES string of the molecule is CCn1cc(C2(c3cccc(-c4cncc(C)c4F)c3)N=C(N)c3c(F)cccc32)cc(C)c1=O. The van der Waals surface area contributed by atoms with Gasteiger partial charge < -0.3 is 10.3 Å². The lowest BCUT2D eigenvalue weighted by atomic mass is 9.77. The number of halogens is 2. The first kappa shape index (κ1) is 22.7. The molecule has 0 saturated heterocycles. The van der Waals surface area contributed by atoms with Gasteiger partial charge >= 0.3 is 0 Å². The number of nitrogens with two attached hydrogens (primary N) is 1. The standard InChI is InChI=1S/C28H24F2N4O/c1-4-34-15-20(11-16(2)27(34)35)28(22-9-6-10-23(29)24(22)26(31)33-28)19-8-5-7-18(12-19)21-14-32-13-17(3)25(21)30/h5-15H,4H2,1-3H3,(H2,31,33). The van der Waals surface area contributed by atoms with Crippen LogP contribution in [0.2, 0.25) is 0 Å². The van der Waals surface area contributed by atoms with E-state index >= 15 is 0 Å². The molecule has 5 rings (SSSR count). The monoisotopic (exact) mass is 470 g/mol. The zero-order valence-corrected chi connectivity index (χ0v) is 19.6. The minimum Gasteiger partial charge on any atom is -0.383 e. The number of benzene rings is 2. The molecule has 2 aromatic carbocycles. The van der Waals surface area contributed by atoms with Crippen LogP contribution in [0.1, 0.15) is 40.3 Å². The molecule has 7 heteroatoms. The molecule has 0 amide bonds. The zero-order valence-electron chi connectivity index (χ0n) is 19.6. The average Bonchev–Trinajstić information content (AvgIpc) is 3.17. The summed E-state index contributed by atoms with van der Waals surface area (Å²) >= 11 is 0. The van der Waals surface area contributed by atoms with Gasteiger partial charge in [-0.25, -0.2) is 13.8 Å². The van der Waals surface area contributed by atoms with E-state index in [9.17, 15) is 13.6 Å². The molecule has 176 valence electrons. The molecule has 0 radical (unpaired) electrons. The van der Waals surface area contributed by atoms with Crippen LogP contribution in [0.5, 0.6) is 0 Å². The highest BCUT2D eigenvalue weighted by atomic mass is 19.1. The predicted octanol–water partition coefficient (Wildman–Crippen LogP) is 4.84. The van der Waals surface area contributed by atoms with E-state index in [1.54, 1.807) is 54.9 Å². The van der Waals surface area contributed by atoms with Crippen LogP contribution < -0.4 is 11.3 Å². The van der Waals surface area contributed by atoms with Crippen LogP contribution in [0.3, 0.4) is 0 Å². The van der Waals surface area contributed by atoms with Crippen molar-refractivity contribution in [3.8, 4) is 11.1 Å². The van der Waals surface area contributed by atoms with Crippen molar-refractivity contribution in [1.29, 1.82) is 0 Å². The van der Waals surface area contributed by atoms with Gasteiger partial charge in [0.05, 0.1) is 5.56 Å². The fourth-order valence-electron chi connectivity index (χ4n) is 4.87. The lowest BCUT2D eigenvalue weighted by molar-refractivity contribution is 0.610. The Morgan fingerprint density at radius 3 is 2.54 bits per heavy atom. The molecule has 35 heavy (non-hydrogen) atoms. The fourth-order valence-corrected chi connectivity index (χ4v) is 4.87. The summed E-state index contributed by atoms with van der Waals surface area (Å²) in [5, 5.41) is 0. The van der Waals surface area contributed by atoms with Crippen LogP contribution >= 0.6 is 0 Å². The summed E-state index contributed by atoms with van der Waals surface area (Å²) in [6.45, 7) is 5.74. The Kier molecular flexibility index (Phi) is 5.35. The summed E-state index contributed by atoms with van der Waals surface area (Å²) in [7, 11) is 0. The van der Waals surface area contributed by atoms with Crippen molar-refractivity contribution in [1.82, 2.24) is 9.55 Å². The van der Waals surface area contributed by atoms with Gasteiger partial charge in [0.2, 0.25) is 0 Å². The molecule has 1 aliphatic rings. The summed E-state index contributed by atoms with van der Waals surface area (Å²) in [6, 6.07) is 13.8. The van der Waals surface area contributed by atoms with E-state index in [-0.39, 0.29) is 22.8 Å². The van der Waals surface area contributed by atoms with Crippen LogP contribution in [-0.4, -0.2) is 15.4 Å². The third-order valence-electron chi connectivity index (χ3n) is 6.62. The van der Waals surface area contributed by atoms with Gasteiger partial charge in [0.1, 0.15) is 23.0 Å². The third kappa shape index (κ3) is 3.38. The number of aryl methyl sites for hydroxylation is 3. The maximum absolute atomic E-state index is 15.0. The molecule has 0 aliphatic carbocycles. The normalized spacial score (nSPS) is 16.8. The quantitative estimate of drug-likeness (QED) is 0.464. The molecule has 1 aliphatic heterocycles. The topological polar surface area (TPSA) is 73.3 Å². The number of fused-ring (bicyclic) bond motifs is 1. The molecule has 0 spiro atoms. The Morgan fingerprint density at radius 1 is 1.00 bits per heavy atom. The Morgan fingerprint density at radius 2 is 1.77 bits per heavy atom. The third-order valence-corrected chi connectivity index (χ3v) is 6.62. The lowest BCUT2D eigenvalue weighted by Crippen LogP contribution is -2.30. The molecule has 0 fully saturated rings. The molecular weight excluding hydrogens is 446 g/mol. The maximum Gasteiger partial charge on any atom is 0.253 e. The molecular formula is C28H24F2N4O. The number of hydrogen-bond donors (Lipinski definition) is 1. The first-order valence-corrected chi connectivity index (χ1v) is 11.3. The summed E-state index contributed by atoms with van der Waals surface area (Å²) < 4.78 is 31.6. The number of aromatic nitrogens is 2. The molecule has 1 unspecified atom stereocenters. The maximum atomic E-state index is 15.0. The number of hydrogen-bond acceptors (Lipinski definition) is 4. The van der Waals surface area contributed by atoms with Crippen molar-refractivity contribution >= 4 is 5.84 Å². The molecule has 3 heterocycles. The van der Waals surface area contributed by atoms with E-state index in [1.807, 2.05) is 19.1 Å². The van der Waals surface area contributed by atoms with E-state index < -0.39 is 11.4 Å². The van der Waals surface area contributed by atoms with Crippen molar-refractivity contribution in [2.24, 2.45) is 10.7 Å². The fraction of sp³-hybridized carbons (Fsp3) is 0.179. The molecule has 4 aromatic rings.